The average Bonchev–Trinajstić information content (AvgIpc) is 2.83. The molecule has 0 saturated heterocycles. The fourth-order valence-corrected chi connectivity index (χ4v) is 3.39. The van der Waals surface area contributed by atoms with E-state index in [1.54, 1.807) is 53.4 Å². The van der Waals surface area contributed by atoms with Crippen molar-refractivity contribution in [2.45, 2.75) is 33.1 Å². The Morgan fingerprint density at radius 3 is 2.28 bits per heavy atom. The minimum atomic E-state index is -0.234. The molecule has 0 aromatic heterocycles. The zero-order valence-corrected chi connectivity index (χ0v) is 18.7. The Hall–Kier alpha value is -3.60. The van der Waals surface area contributed by atoms with Crippen molar-refractivity contribution in [2.75, 3.05) is 23.4 Å². The number of ether oxygens (including phenoxy) is 1. The van der Waals surface area contributed by atoms with E-state index in [4.69, 9.17) is 4.74 Å². The first-order valence-electron chi connectivity index (χ1n) is 11.1. The van der Waals surface area contributed by atoms with Crippen molar-refractivity contribution in [3.8, 4) is 5.75 Å². The number of hydrogen-bond donors (Lipinski definition) is 1. The van der Waals surface area contributed by atoms with Gasteiger partial charge in [-0.3, -0.25) is 9.59 Å². The molecule has 5 nitrogen and oxygen atoms in total. The molecule has 0 unspecified atom stereocenters. The molecule has 1 N–H and O–H groups in total. The third-order valence-electron chi connectivity index (χ3n) is 5.13. The molecule has 0 aliphatic carbocycles. The molecule has 3 aromatic carbocycles. The van der Waals surface area contributed by atoms with E-state index in [-0.39, 0.29) is 11.8 Å². The second-order valence-corrected chi connectivity index (χ2v) is 7.50. The standard InChI is InChI=1S/C27H30N2O3/c1-3-5-9-19-32-25-17-15-21(16-18-25)26(30)28-23-12-10-11-22(20-23)27(31)29(4-2)24-13-7-6-8-14-24/h6-8,10-18,20H,3-5,9,19H2,1-2H3,(H,28,30). The van der Waals surface area contributed by atoms with E-state index in [0.717, 1.165) is 30.7 Å². The van der Waals surface area contributed by atoms with Crippen LogP contribution in [-0.2, 0) is 0 Å². The van der Waals surface area contributed by atoms with Crippen molar-refractivity contribution >= 4 is 23.2 Å². The maximum atomic E-state index is 13.0. The van der Waals surface area contributed by atoms with Gasteiger partial charge in [0.1, 0.15) is 5.75 Å². The van der Waals surface area contributed by atoms with Crippen LogP contribution in [0.3, 0.4) is 0 Å². The summed E-state index contributed by atoms with van der Waals surface area (Å²) in [4.78, 5) is 27.4. The lowest BCUT2D eigenvalue weighted by Gasteiger charge is -2.21. The molecule has 0 aliphatic heterocycles. The van der Waals surface area contributed by atoms with Gasteiger partial charge >= 0.3 is 0 Å². The molecule has 0 bridgehead atoms. The lowest BCUT2D eigenvalue weighted by Crippen LogP contribution is -2.30. The molecule has 0 atom stereocenters. The Bertz CT molecular complexity index is 1020. The quantitative estimate of drug-likeness (QED) is 0.391. The van der Waals surface area contributed by atoms with Crippen LogP contribution in [0.5, 0.6) is 5.75 Å². The third kappa shape index (κ3) is 6.20. The van der Waals surface area contributed by atoms with Gasteiger partial charge in [-0.2, -0.15) is 0 Å². The monoisotopic (exact) mass is 430 g/mol. The van der Waals surface area contributed by atoms with E-state index in [9.17, 15) is 9.59 Å². The van der Waals surface area contributed by atoms with Crippen LogP contribution in [0.2, 0.25) is 0 Å². The van der Waals surface area contributed by atoms with Crippen LogP contribution in [-0.4, -0.2) is 25.0 Å². The van der Waals surface area contributed by atoms with Crippen molar-refractivity contribution < 1.29 is 14.3 Å². The maximum absolute atomic E-state index is 13.0. The van der Waals surface area contributed by atoms with Gasteiger partial charge in [0, 0.05) is 29.0 Å². The molecule has 3 aromatic rings. The number of carbonyl (C=O) groups excluding carboxylic acids is 2. The first kappa shape index (κ1) is 23.1. The van der Waals surface area contributed by atoms with Gasteiger partial charge in [-0.1, -0.05) is 44.0 Å². The van der Waals surface area contributed by atoms with Gasteiger partial charge in [0.05, 0.1) is 6.61 Å². The molecule has 166 valence electrons. The van der Waals surface area contributed by atoms with Gasteiger partial charge in [-0.25, -0.2) is 0 Å². The van der Waals surface area contributed by atoms with Gasteiger partial charge < -0.3 is 15.0 Å². The van der Waals surface area contributed by atoms with Crippen LogP contribution in [0.4, 0.5) is 11.4 Å². The smallest absolute Gasteiger partial charge is 0.258 e. The third-order valence-corrected chi connectivity index (χ3v) is 5.13. The molecule has 2 amide bonds. The van der Waals surface area contributed by atoms with Crippen molar-refractivity contribution in [2.24, 2.45) is 0 Å². The molecule has 0 heterocycles. The number of carbonyl (C=O) groups is 2. The SMILES string of the molecule is CCCCCOc1ccc(C(=O)Nc2cccc(C(=O)N(CC)c3ccccc3)c2)cc1. The first-order valence-corrected chi connectivity index (χ1v) is 11.1. The molecule has 0 saturated carbocycles. The largest absolute Gasteiger partial charge is 0.494 e. The summed E-state index contributed by atoms with van der Waals surface area (Å²) in [7, 11) is 0. The van der Waals surface area contributed by atoms with E-state index in [0.29, 0.717) is 30.0 Å². The minimum Gasteiger partial charge on any atom is -0.494 e. The molecule has 0 radical (unpaired) electrons. The number of para-hydroxylation sites is 1. The predicted octanol–water partition coefficient (Wildman–Crippen LogP) is 6.17. The Morgan fingerprint density at radius 1 is 0.844 bits per heavy atom. The highest BCUT2D eigenvalue weighted by molar-refractivity contribution is 6.08. The van der Waals surface area contributed by atoms with Crippen LogP contribution >= 0.6 is 0 Å². The molecule has 32 heavy (non-hydrogen) atoms. The van der Waals surface area contributed by atoms with E-state index < -0.39 is 0 Å². The normalized spacial score (nSPS) is 10.4. The molecule has 0 aliphatic rings. The molecule has 3 rings (SSSR count). The van der Waals surface area contributed by atoms with Crippen molar-refractivity contribution in [1.82, 2.24) is 0 Å². The van der Waals surface area contributed by atoms with Gasteiger partial charge in [0.2, 0.25) is 0 Å². The van der Waals surface area contributed by atoms with E-state index in [2.05, 4.69) is 12.2 Å². The summed E-state index contributed by atoms with van der Waals surface area (Å²) in [6.07, 6.45) is 3.31. The zero-order valence-electron chi connectivity index (χ0n) is 18.7. The van der Waals surface area contributed by atoms with E-state index in [1.807, 2.05) is 37.3 Å². The van der Waals surface area contributed by atoms with Crippen LogP contribution in [0, 0.1) is 0 Å². The Balaban J connectivity index is 1.65. The number of unbranched alkanes of at least 4 members (excludes halogenated alkanes) is 2. The summed E-state index contributed by atoms with van der Waals surface area (Å²) >= 11 is 0. The highest BCUT2D eigenvalue weighted by Crippen LogP contribution is 2.20. The zero-order chi connectivity index (χ0) is 22.8. The molecule has 0 spiro atoms. The number of amides is 2. The average molecular weight is 431 g/mol. The number of nitrogens with zero attached hydrogens (tertiary/aromatic N) is 1. The van der Waals surface area contributed by atoms with Crippen LogP contribution in [0.1, 0.15) is 53.8 Å². The Labute approximate surface area is 190 Å². The van der Waals surface area contributed by atoms with Crippen LogP contribution < -0.4 is 15.0 Å². The second kappa shape index (κ2) is 11.7. The second-order valence-electron chi connectivity index (χ2n) is 7.50. The van der Waals surface area contributed by atoms with E-state index >= 15 is 0 Å². The highest BCUT2D eigenvalue weighted by atomic mass is 16.5. The summed E-state index contributed by atoms with van der Waals surface area (Å²) in [5.74, 6) is 0.410. The van der Waals surface area contributed by atoms with Gasteiger partial charge in [-0.15, -0.1) is 0 Å². The number of rotatable bonds is 10. The summed E-state index contributed by atoms with van der Waals surface area (Å²) in [6, 6.07) is 23.7. The number of anilines is 2. The first-order chi connectivity index (χ1) is 15.6. The highest BCUT2D eigenvalue weighted by Gasteiger charge is 2.16. The van der Waals surface area contributed by atoms with Gasteiger partial charge in [0.25, 0.3) is 11.8 Å². The Morgan fingerprint density at radius 2 is 1.59 bits per heavy atom. The predicted molar refractivity (Wildman–Crippen MR) is 130 cm³/mol. The van der Waals surface area contributed by atoms with Crippen molar-refractivity contribution in [1.29, 1.82) is 0 Å². The van der Waals surface area contributed by atoms with Crippen LogP contribution in [0.15, 0.2) is 78.9 Å². The number of benzene rings is 3. The number of nitrogens with one attached hydrogen (secondary N) is 1. The Kier molecular flexibility index (Phi) is 8.44. The summed E-state index contributed by atoms with van der Waals surface area (Å²) < 4.78 is 5.70. The topological polar surface area (TPSA) is 58.6 Å². The summed E-state index contributed by atoms with van der Waals surface area (Å²) in [5.41, 5.74) is 2.46. The van der Waals surface area contributed by atoms with Crippen molar-refractivity contribution in [3.63, 3.8) is 0 Å². The summed E-state index contributed by atoms with van der Waals surface area (Å²) in [5, 5.41) is 2.88. The molecule has 0 fully saturated rings. The van der Waals surface area contributed by atoms with Gasteiger partial charge in [0.15, 0.2) is 0 Å². The summed E-state index contributed by atoms with van der Waals surface area (Å²) in [6.45, 7) is 5.32. The van der Waals surface area contributed by atoms with E-state index in [1.165, 1.54) is 0 Å². The molecular weight excluding hydrogens is 400 g/mol. The van der Waals surface area contributed by atoms with Gasteiger partial charge in [-0.05, 0) is 67.9 Å². The fourth-order valence-electron chi connectivity index (χ4n) is 3.39. The molecular formula is C27H30N2O3. The van der Waals surface area contributed by atoms with Crippen LogP contribution in [0.25, 0.3) is 0 Å². The molecule has 5 heteroatoms. The van der Waals surface area contributed by atoms with Crippen molar-refractivity contribution in [3.05, 3.63) is 90.0 Å². The number of hydrogen-bond acceptors (Lipinski definition) is 3. The maximum Gasteiger partial charge on any atom is 0.258 e. The lowest BCUT2D eigenvalue weighted by molar-refractivity contribution is 0.0985. The minimum absolute atomic E-state index is 0.112. The fraction of sp³-hybridized carbons (Fsp3) is 0.259. The lowest BCUT2D eigenvalue weighted by atomic mass is 10.1.